The first kappa shape index (κ1) is 23.3. The van der Waals surface area contributed by atoms with Gasteiger partial charge in [-0.15, -0.1) is 0 Å². The Morgan fingerprint density at radius 2 is 1.17 bits per heavy atom. The van der Waals surface area contributed by atoms with Crippen molar-refractivity contribution in [3.8, 4) is 0 Å². The maximum Gasteiger partial charge on any atom is 0.673 e. The lowest BCUT2D eigenvalue weighted by Crippen LogP contribution is -2.31. The fraction of sp³-hybridized carbons (Fsp3) is 0. The van der Waals surface area contributed by atoms with Gasteiger partial charge in [0.25, 0.3) is 5.52 Å². The number of benzene rings is 2. The molecule has 152 valence electrons. The molecule has 0 aliphatic carbocycles. The van der Waals surface area contributed by atoms with E-state index in [1.54, 1.807) is 24.3 Å². The van der Waals surface area contributed by atoms with Crippen LogP contribution in [-0.2, 0) is 0 Å². The van der Waals surface area contributed by atoms with Crippen LogP contribution in [0.3, 0.4) is 0 Å². The summed E-state index contributed by atoms with van der Waals surface area (Å²) in [6.07, 6.45) is 0. The maximum atomic E-state index is 11.8. The second-order valence-corrected chi connectivity index (χ2v) is 4.97. The van der Waals surface area contributed by atoms with Crippen LogP contribution in [0.2, 0.25) is 0 Å². The molecule has 3 aromatic rings. The molecule has 0 aliphatic rings. The molecule has 29 heavy (non-hydrogen) atoms. The summed E-state index contributed by atoms with van der Waals surface area (Å²) in [6.45, 7) is 0. The first-order valence-corrected chi connectivity index (χ1v) is 7.15. The van der Waals surface area contributed by atoms with Gasteiger partial charge in [-0.1, -0.05) is 0 Å². The van der Waals surface area contributed by atoms with Gasteiger partial charge in [-0.3, -0.25) is 0 Å². The zero-order valence-electron chi connectivity index (χ0n) is 13.7. The summed E-state index contributed by atoms with van der Waals surface area (Å²) in [7, 11) is -12.0. The third-order valence-electron chi connectivity index (χ3n) is 2.89. The molecule has 3 rings (SSSR count). The zero-order chi connectivity index (χ0) is 22.4. The van der Waals surface area contributed by atoms with Crippen molar-refractivity contribution in [2.24, 2.45) is 0 Å². The summed E-state index contributed by atoms with van der Waals surface area (Å²) in [5, 5.41) is 34.6. The highest BCUT2D eigenvalue weighted by molar-refractivity contribution is 6.50. The molecule has 0 amide bonds. The van der Waals surface area contributed by atoms with E-state index in [2.05, 4.69) is 15.1 Å². The van der Waals surface area contributed by atoms with Crippen LogP contribution in [0.25, 0.3) is 31.8 Å². The van der Waals surface area contributed by atoms with Gasteiger partial charge in [0, 0.05) is 22.6 Å². The van der Waals surface area contributed by atoms with Crippen molar-refractivity contribution in [1.29, 1.82) is 10.8 Å². The van der Waals surface area contributed by atoms with Crippen LogP contribution in [0.4, 0.5) is 45.9 Å². The highest BCUT2D eigenvalue weighted by Gasteiger charge is 2.21. The lowest BCUT2D eigenvalue weighted by Gasteiger charge is -2.00. The minimum Gasteiger partial charge on any atom is -0.594 e. The van der Waals surface area contributed by atoms with Gasteiger partial charge in [-0.2, -0.15) is 0 Å². The Morgan fingerprint density at radius 1 is 0.759 bits per heavy atom. The minimum absolute atomic E-state index is 0.278. The molecule has 2 aromatic carbocycles. The molecule has 0 bridgehead atoms. The van der Waals surface area contributed by atoms with E-state index in [4.69, 9.17) is 10.8 Å². The Labute approximate surface area is 155 Å². The van der Waals surface area contributed by atoms with E-state index in [1.165, 1.54) is 12.1 Å². The number of hydrogen-bond donors (Lipinski definition) is 0. The molecule has 1 heterocycles. The molecule has 0 radical (unpaired) electrons. The lowest BCUT2D eigenvalue weighted by atomic mass is 10.1. The molecule has 0 saturated heterocycles. The molecular formula is C12H6B2F8N6O. The maximum absolute atomic E-state index is 11.8. The normalized spacial score (nSPS) is 10.8. The van der Waals surface area contributed by atoms with Crippen LogP contribution in [0.5, 0.6) is 0 Å². The van der Waals surface area contributed by atoms with Crippen molar-refractivity contribution in [1.82, 2.24) is 5.10 Å². The van der Waals surface area contributed by atoms with E-state index in [-0.39, 0.29) is 5.69 Å². The van der Waals surface area contributed by atoms with Crippen LogP contribution >= 0.6 is 0 Å². The molecule has 0 saturated carbocycles. The first-order chi connectivity index (χ1) is 13.2. The Balaban J connectivity index is 0.000000353. The van der Waals surface area contributed by atoms with Gasteiger partial charge in [0.1, 0.15) is 11.6 Å². The minimum atomic E-state index is -6.00. The largest absolute Gasteiger partial charge is 0.673 e. The van der Waals surface area contributed by atoms with E-state index in [9.17, 15) is 39.7 Å². The van der Waals surface area contributed by atoms with Gasteiger partial charge in [0.2, 0.25) is 10.8 Å². The molecule has 7 nitrogen and oxygen atoms in total. The number of halogens is 8. The van der Waals surface area contributed by atoms with E-state index in [0.717, 1.165) is 5.39 Å². The Kier molecular flexibility index (Phi) is 7.20. The molecule has 0 fully saturated rings. The summed E-state index contributed by atoms with van der Waals surface area (Å²) < 4.78 is 78.0. The third-order valence-corrected chi connectivity index (χ3v) is 2.89. The average molecular weight is 424 g/mol. The third kappa shape index (κ3) is 8.21. The van der Waals surface area contributed by atoms with Crippen molar-refractivity contribution in [3.63, 3.8) is 0 Å². The lowest BCUT2D eigenvalue weighted by molar-refractivity contribution is -0.639. The summed E-state index contributed by atoms with van der Waals surface area (Å²) in [5.74, 6) is 0. The van der Waals surface area contributed by atoms with Gasteiger partial charge >= 0.3 is 25.9 Å². The predicted molar refractivity (Wildman–Crippen MR) is 88.1 cm³/mol. The van der Waals surface area contributed by atoms with Gasteiger partial charge in [-0.25, -0.2) is 0 Å². The van der Waals surface area contributed by atoms with Crippen LogP contribution in [0.15, 0.2) is 36.4 Å². The summed E-state index contributed by atoms with van der Waals surface area (Å²) in [6, 6.07) is 9.55. The summed E-state index contributed by atoms with van der Waals surface area (Å²) >= 11 is 0. The van der Waals surface area contributed by atoms with Crippen molar-refractivity contribution in [3.05, 3.63) is 51.6 Å². The Morgan fingerprint density at radius 3 is 1.62 bits per heavy atom. The number of fused-ring (bicyclic) bond motifs is 3. The standard InChI is InChI=1S/C12H6N6O.2BF4/c13-15-7-1-3-9-10-4-2-8(16-14)6-12(10)18(19)17-11(9)5-7;2*2-1(3,4)5/h1-6H;;/q+2;2*-1. The quantitative estimate of drug-likeness (QED) is 0.117. The molecule has 0 unspecified atom stereocenters. The number of diazo groups is 2. The van der Waals surface area contributed by atoms with Gasteiger partial charge in [0.05, 0.1) is 11.5 Å². The number of aromatic nitrogens is 2. The second kappa shape index (κ2) is 8.96. The van der Waals surface area contributed by atoms with E-state index in [1.807, 2.05) is 0 Å². The van der Waals surface area contributed by atoms with Gasteiger partial charge in [0.15, 0.2) is 9.95 Å². The van der Waals surface area contributed by atoms with Crippen molar-refractivity contribution in [2.75, 3.05) is 0 Å². The monoisotopic (exact) mass is 424 g/mol. The number of nitrogens with zero attached hydrogens (tertiary/aromatic N) is 6. The Hall–Kier alpha value is -3.75. The molecule has 0 atom stereocenters. The number of rotatable bonds is 0. The second-order valence-electron chi connectivity index (χ2n) is 4.97. The SMILES string of the molecule is F[B-](F)(F)F.F[B-](F)(F)F.N#[N+]c1ccc2c(c1)n[n+]([O-])c1cc([N+]#N)ccc21. The fourth-order valence-corrected chi connectivity index (χ4v) is 2.01. The molecule has 0 aliphatic heterocycles. The topological polar surface area (TPSA) is 96.1 Å². The highest BCUT2D eigenvalue weighted by atomic mass is 19.5. The summed E-state index contributed by atoms with van der Waals surface area (Å²) in [5.41, 5.74) is 1.32. The van der Waals surface area contributed by atoms with Crippen LogP contribution < -0.4 is 4.85 Å². The van der Waals surface area contributed by atoms with Crippen LogP contribution in [0, 0.1) is 16.0 Å². The van der Waals surface area contributed by atoms with Crippen LogP contribution in [-0.4, -0.2) is 19.6 Å². The first-order valence-electron chi connectivity index (χ1n) is 7.15. The molecule has 1 aromatic heterocycles. The number of hydrogen-bond acceptors (Lipinski definition) is 4. The average Bonchev–Trinajstić information content (AvgIpc) is 2.58. The predicted octanol–water partition coefficient (Wildman–Crippen LogP) is 5.59. The Bertz CT molecular complexity index is 1080. The van der Waals surface area contributed by atoms with Crippen LogP contribution in [0.1, 0.15) is 0 Å². The van der Waals surface area contributed by atoms with E-state index < -0.39 is 14.5 Å². The van der Waals surface area contributed by atoms with Crippen molar-refractivity contribution < 1.29 is 39.4 Å². The van der Waals surface area contributed by atoms with E-state index >= 15 is 0 Å². The fourth-order valence-electron chi connectivity index (χ4n) is 2.01. The van der Waals surface area contributed by atoms with Gasteiger partial charge in [-0.05, 0) is 17.0 Å². The highest BCUT2D eigenvalue weighted by Crippen LogP contribution is 2.27. The zero-order valence-corrected chi connectivity index (χ0v) is 13.7. The smallest absolute Gasteiger partial charge is 0.594 e. The van der Waals surface area contributed by atoms with Gasteiger partial charge < -0.3 is 39.7 Å². The molecular weight excluding hydrogens is 418 g/mol. The molecule has 0 spiro atoms. The van der Waals surface area contributed by atoms with Crippen molar-refractivity contribution >= 4 is 47.7 Å². The summed E-state index contributed by atoms with van der Waals surface area (Å²) in [4.78, 5) is 6.55. The van der Waals surface area contributed by atoms with Crippen molar-refractivity contribution in [2.45, 2.75) is 0 Å². The molecule has 0 N–H and O–H groups in total. The molecule has 17 heteroatoms. The van der Waals surface area contributed by atoms with E-state index in [0.29, 0.717) is 27.0 Å².